The van der Waals surface area contributed by atoms with Gasteiger partial charge in [0.2, 0.25) is 0 Å². The molecule has 1 rings (SSSR count). The highest BCUT2D eigenvalue weighted by atomic mass is 35.5. The Labute approximate surface area is 86.2 Å². The third kappa shape index (κ3) is 2.15. The van der Waals surface area contributed by atoms with E-state index in [0.717, 1.165) is 6.07 Å². The Morgan fingerprint density at radius 2 is 2.29 bits per heavy atom. The molecule has 0 heterocycles. The first kappa shape index (κ1) is 11.2. The summed E-state index contributed by atoms with van der Waals surface area (Å²) in [6.07, 6.45) is 0. The van der Waals surface area contributed by atoms with Crippen molar-refractivity contribution in [3.63, 3.8) is 0 Å². The minimum Gasteiger partial charge on any atom is -0.495 e. The van der Waals surface area contributed by atoms with Crippen LogP contribution in [0, 0.1) is 5.82 Å². The van der Waals surface area contributed by atoms with Crippen LogP contribution in [0.2, 0.25) is 5.02 Å². The molecule has 0 spiro atoms. The second kappa shape index (κ2) is 4.59. The standard InChI is InChI=1S/C9H11ClFNO2/c1-14-9-2-5(8(12)4-13)7(11)3-6(9)10/h2-3,8,13H,4,12H2,1H3. The van der Waals surface area contributed by atoms with Crippen molar-refractivity contribution in [2.75, 3.05) is 13.7 Å². The molecule has 3 nitrogen and oxygen atoms in total. The topological polar surface area (TPSA) is 55.5 Å². The van der Waals surface area contributed by atoms with Crippen molar-refractivity contribution in [1.29, 1.82) is 0 Å². The molecule has 78 valence electrons. The van der Waals surface area contributed by atoms with Gasteiger partial charge in [-0.25, -0.2) is 4.39 Å². The van der Waals surface area contributed by atoms with E-state index in [1.807, 2.05) is 0 Å². The van der Waals surface area contributed by atoms with Gasteiger partial charge in [0.15, 0.2) is 0 Å². The van der Waals surface area contributed by atoms with Crippen LogP contribution in [0.5, 0.6) is 5.75 Å². The molecule has 0 aliphatic heterocycles. The Hall–Kier alpha value is -0.840. The van der Waals surface area contributed by atoms with E-state index in [1.165, 1.54) is 13.2 Å². The smallest absolute Gasteiger partial charge is 0.137 e. The average Bonchev–Trinajstić information content (AvgIpc) is 2.17. The van der Waals surface area contributed by atoms with E-state index in [4.69, 9.17) is 27.2 Å². The molecule has 1 aromatic rings. The van der Waals surface area contributed by atoms with Crippen molar-refractivity contribution in [3.8, 4) is 5.75 Å². The number of hydrogen-bond acceptors (Lipinski definition) is 3. The van der Waals surface area contributed by atoms with Crippen LogP contribution in [0.4, 0.5) is 4.39 Å². The molecule has 0 aliphatic rings. The molecule has 0 bridgehead atoms. The number of ether oxygens (including phenoxy) is 1. The number of nitrogens with two attached hydrogens (primary N) is 1. The number of halogens is 2. The first-order valence-electron chi connectivity index (χ1n) is 3.99. The lowest BCUT2D eigenvalue weighted by atomic mass is 10.1. The number of benzene rings is 1. The molecular weight excluding hydrogens is 209 g/mol. The van der Waals surface area contributed by atoms with Crippen molar-refractivity contribution >= 4 is 11.6 Å². The summed E-state index contributed by atoms with van der Waals surface area (Å²) in [5.74, 6) is -0.204. The highest BCUT2D eigenvalue weighted by Gasteiger charge is 2.14. The molecule has 0 radical (unpaired) electrons. The average molecular weight is 220 g/mol. The fraction of sp³-hybridized carbons (Fsp3) is 0.333. The van der Waals surface area contributed by atoms with Gasteiger partial charge in [-0.15, -0.1) is 0 Å². The van der Waals surface area contributed by atoms with Gasteiger partial charge in [0.25, 0.3) is 0 Å². The summed E-state index contributed by atoms with van der Waals surface area (Å²) < 4.78 is 18.2. The number of methoxy groups -OCH3 is 1. The summed E-state index contributed by atoms with van der Waals surface area (Å²) in [6.45, 7) is -0.332. The summed E-state index contributed by atoms with van der Waals surface area (Å²) in [5.41, 5.74) is 5.67. The van der Waals surface area contributed by atoms with Gasteiger partial charge in [0.1, 0.15) is 11.6 Å². The van der Waals surface area contributed by atoms with E-state index in [-0.39, 0.29) is 17.2 Å². The van der Waals surface area contributed by atoms with E-state index in [1.54, 1.807) is 0 Å². The molecule has 0 saturated carbocycles. The molecule has 0 fully saturated rings. The van der Waals surface area contributed by atoms with Crippen molar-refractivity contribution in [2.24, 2.45) is 5.73 Å². The van der Waals surface area contributed by atoms with Crippen LogP contribution < -0.4 is 10.5 Å². The molecular formula is C9H11ClFNO2. The highest BCUT2D eigenvalue weighted by molar-refractivity contribution is 6.32. The maximum atomic E-state index is 13.3. The third-order valence-electron chi connectivity index (χ3n) is 1.87. The number of rotatable bonds is 3. The van der Waals surface area contributed by atoms with Crippen LogP contribution >= 0.6 is 11.6 Å². The number of aliphatic hydroxyl groups excluding tert-OH is 1. The summed E-state index contributed by atoms with van der Waals surface area (Å²) >= 11 is 5.68. The van der Waals surface area contributed by atoms with Crippen LogP contribution in [-0.2, 0) is 0 Å². The third-order valence-corrected chi connectivity index (χ3v) is 2.16. The Kier molecular flexibility index (Phi) is 3.69. The van der Waals surface area contributed by atoms with E-state index >= 15 is 0 Å². The van der Waals surface area contributed by atoms with Gasteiger partial charge < -0.3 is 15.6 Å². The Morgan fingerprint density at radius 3 is 2.79 bits per heavy atom. The van der Waals surface area contributed by atoms with Crippen LogP contribution in [0.15, 0.2) is 12.1 Å². The maximum Gasteiger partial charge on any atom is 0.137 e. The molecule has 0 aromatic heterocycles. The van der Waals surface area contributed by atoms with Crippen LogP contribution in [0.3, 0.4) is 0 Å². The lowest BCUT2D eigenvalue weighted by Crippen LogP contribution is -2.16. The first-order valence-corrected chi connectivity index (χ1v) is 4.37. The minimum absolute atomic E-state index is 0.180. The van der Waals surface area contributed by atoms with Crippen molar-refractivity contribution in [2.45, 2.75) is 6.04 Å². The molecule has 5 heteroatoms. The van der Waals surface area contributed by atoms with Gasteiger partial charge in [0, 0.05) is 5.56 Å². The quantitative estimate of drug-likeness (QED) is 0.810. The zero-order valence-electron chi connectivity index (χ0n) is 7.63. The predicted octanol–water partition coefficient (Wildman–Crippen LogP) is 1.48. The first-order chi connectivity index (χ1) is 6.60. The normalized spacial score (nSPS) is 12.6. The van der Waals surface area contributed by atoms with Crippen LogP contribution in [-0.4, -0.2) is 18.8 Å². The summed E-state index contributed by atoms with van der Waals surface area (Å²) in [4.78, 5) is 0. The van der Waals surface area contributed by atoms with Crippen molar-refractivity contribution in [3.05, 3.63) is 28.5 Å². The molecule has 1 aromatic carbocycles. The SMILES string of the molecule is COc1cc(C(N)CO)c(F)cc1Cl. The largest absolute Gasteiger partial charge is 0.495 e. The fourth-order valence-electron chi connectivity index (χ4n) is 1.08. The molecule has 0 aliphatic carbocycles. The van der Waals surface area contributed by atoms with Gasteiger partial charge >= 0.3 is 0 Å². The maximum absolute atomic E-state index is 13.3. The summed E-state index contributed by atoms with van der Waals surface area (Å²) in [5, 5.41) is 8.96. The molecule has 1 atom stereocenters. The molecule has 0 saturated heterocycles. The van der Waals surface area contributed by atoms with E-state index < -0.39 is 11.9 Å². The van der Waals surface area contributed by atoms with Crippen LogP contribution in [0.25, 0.3) is 0 Å². The van der Waals surface area contributed by atoms with E-state index in [2.05, 4.69) is 0 Å². The number of aliphatic hydroxyl groups is 1. The Balaban J connectivity index is 3.17. The van der Waals surface area contributed by atoms with Crippen molar-refractivity contribution in [1.82, 2.24) is 0 Å². The second-order valence-electron chi connectivity index (χ2n) is 2.80. The summed E-state index contributed by atoms with van der Waals surface area (Å²) in [6, 6.07) is 1.74. The fourth-order valence-corrected chi connectivity index (χ4v) is 1.31. The van der Waals surface area contributed by atoms with Gasteiger partial charge in [0.05, 0.1) is 24.8 Å². The molecule has 1 unspecified atom stereocenters. The zero-order chi connectivity index (χ0) is 10.7. The monoisotopic (exact) mass is 219 g/mol. The summed E-state index contributed by atoms with van der Waals surface area (Å²) in [7, 11) is 1.42. The van der Waals surface area contributed by atoms with E-state index in [0.29, 0.717) is 5.75 Å². The van der Waals surface area contributed by atoms with Gasteiger partial charge in [-0.3, -0.25) is 0 Å². The Bertz CT molecular complexity index is 333. The van der Waals surface area contributed by atoms with Gasteiger partial charge in [-0.1, -0.05) is 11.6 Å². The predicted molar refractivity (Wildman–Crippen MR) is 52.0 cm³/mol. The Morgan fingerprint density at radius 1 is 1.64 bits per heavy atom. The highest BCUT2D eigenvalue weighted by Crippen LogP contribution is 2.29. The molecule has 14 heavy (non-hydrogen) atoms. The number of hydrogen-bond donors (Lipinski definition) is 2. The van der Waals surface area contributed by atoms with Crippen molar-refractivity contribution < 1.29 is 14.2 Å². The lowest BCUT2D eigenvalue weighted by Gasteiger charge is -2.12. The van der Waals surface area contributed by atoms with Gasteiger partial charge in [-0.05, 0) is 12.1 Å². The molecule has 3 N–H and O–H groups in total. The second-order valence-corrected chi connectivity index (χ2v) is 3.20. The zero-order valence-corrected chi connectivity index (χ0v) is 8.38. The van der Waals surface area contributed by atoms with Gasteiger partial charge in [-0.2, -0.15) is 0 Å². The minimum atomic E-state index is -0.763. The molecule has 0 amide bonds. The lowest BCUT2D eigenvalue weighted by molar-refractivity contribution is 0.265. The van der Waals surface area contributed by atoms with E-state index in [9.17, 15) is 4.39 Å². The van der Waals surface area contributed by atoms with Crippen LogP contribution in [0.1, 0.15) is 11.6 Å².